The van der Waals surface area contributed by atoms with E-state index in [1.165, 1.54) is 0 Å². The first-order valence-corrected chi connectivity index (χ1v) is 4.07. The van der Waals surface area contributed by atoms with Crippen LogP contribution in [0, 0.1) is 0 Å². The van der Waals surface area contributed by atoms with E-state index >= 15 is 0 Å². The zero-order valence-electron chi connectivity index (χ0n) is 7.57. The Balaban J connectivity index is 0.000000151. The van der Waals surface area contributed by atoms with Crippen molar-refractivity contribution in [3.63, 3.8) is 0 Å². The van der Waals surface area contributed by atoms with Crippen molar-refractivity contribution >= 4 is 23.6 Å². The maximum absolute atomic E-state index is 10.1. The van der Waals surface area contributed by atoms with Gasteiger partial charge >= 0.3 is 0 Å². The van der Waals surface area contributed by atoms with Crippen LogP contribution in [0.3, 0.4) is 0 Å². The molecule has 1 saturated heterocycles. The molecule has 0 unspecified atom stereocenters. The average molecular weight is 212 g/mol. The van der Waals surface area contributed by atoms with E-state index in [0.717, 1.165) is 6.08 Å². The van der Waals surface area contributed by atoms with Gasteiger partial charge in [-0.05, 0) is 0 Å². The van der Waals surface area contributed by atoms with E-state index < -0.39 is 17.6 Å². The van der Waals surface area contributed by atoms with Crippen LogP contribution in [-0.4, -0.2) is 28.7 Å². The smallest absolute Gasteiger partial charge is 0.293 e. The maximum atomic E-state index is 10.1. The molecule has 2 heterocycles. The van der Waals surface area contributed by atoms with E-state index in [1.807, 2.05) is 5.32 Å². The second-order valence-electron chi connectivity index (χ2n) is 2.82. The zero-order chi connectivity index (χ0) is 11.4. The van der Waals surface area contributed by atoms with Crippen molar-refractivity contribution in [1.29, 1.82) is 0 Å². The number of hydrogen-bond donors (Lipinski definition) is 3. The lowest BCUT2D eigenvalue weighted by Crippen LogP contribution is -2.21. The van der Waals surface area contributed by atoms with Gasteiger partial charge in [0.1, 0.15) is 0 Å². The van der Waals surface area contributed by atoms with Crippen LogP contribution in [0.5, 0.6) is 0 Å². The molecular weight excluding hydrogens is 204 g/mol. The Morgan fingerprint density at radius 2 is 1.53 bits per heavy atom. The fourth-order valence-corrected chi connectivity index (χ4v) is 0.909. The number of nitrogens with one attached hydrogen (secondary N) is 2. The Bertz CT molecular complexity index is 357. The van der Waals surface area contributed by atoms with E-state index in [0.29, 0.717) is 12.8 Å². The molecule has 80 valence electrons. The first-order chi connectivity index (χ1) is 6.99. The monoisotopic (exact) mass is 212 g/mol. The van der Waals surface area contributed by atoms with Crippen molar-refractivity contribution in [1.82, 2.24) is 10.6 Å². The molecule has 15 heavy (non-hydrogen) atoms. The highest BCUT2D eigenvalue weighted by Crippen LogP contribution is 1.96. The molecule has 2 rings (SSSR count). The molecule has 1 fully saturated rings. The van der Waals surface area contributed by atoms with E-state index in [9.17, 15) is 19.2 Å². The highest BCUT2D eigenvalue weighted by Gasteiger charge is 2.18. The molecule has 0 radical (unpaired) electrons. The highest BCUT2D eigenvalue weighted by atomic mass is 16.3. The number of amides is 4. The minimum atomic E-state index is -0.727. The lowest BCUT2D eigenvalue weighted by atomic mass is 10.4. The third kappa shape index (κ3) is 3.22. The van der Waals surface area contributed by atoms with Gasteiger partial charge in [-0.25, -0.2) is 0 Å². The number of rotatable bonds is 0. The molecule has 0 saturated carbocycles. The predicted octanol–water partition coefficient (Wildman–Crippen LogP) is -1.49. The first-order valence-electron chi connectivity index (χ1n) is 4.07. The molecule has 0 spiro atoms. The number of carbonyl (C=O) groups excluding carboxylic acids is 4. The van der Waals surface area contributed by atoms with Crippen LogP contribution in [0.1, 0.15) is 12.8 Å². The van der Waals surface area contributed by atoms with Gasteiger partial charge in [-0.2, -0.15) is 0 Å². The van der Waals surface area contributed by atoms with Gasteiger partial charge in [0.2, 0.25) is 11.8 Å². The maximum Gasteiger partial charge on any atom is 0.293 e. The highest BCUT2D eigenvalue weighted by molar-refractivity contribution is 6.14. The predicted molar refractivity (Wildman–Crippen MR) is 46.2 cm³/mol. The molecule has 0 aromatic carbocycles. The number of imide groups is 2. The van der Waals surface area contributed by atoms with Crippen molar-refractivity contribution in [2.45, 2.75) is 12.8 Å². The standard InChI is InChI=1S/C4H3NO3.C4H5NO2/c6-2-1-3(7)5-4(2)8;6-3-1-2-4(7)5-3/h1H,(H2,5,6,7,8);1-2H2,(H,5,6,7). The largest absolute Gasteiger partial charge is 0.503 e. The number of carbonyl (C=O) groups is 4. The molecule has 0 aliphatic carbocycles. The third-order valence-electron chi connectivity index (χ3n) is 1.60. The van der Waals surface area contributed by atoms with Crippen molar-refractivity contribution in [3.8, 4) is 0 Å². The molecule has 7 heteroatoms. The van der Waals surface area contributed by atoms with Gasteiger partial charge in [0, 0.05) is 12.8 Å². The Morgan fingerprint density at radius 3 is 1.67 bits per heavy atom. The summed E-state index contributed by atoms with van der Waals surface area (Å²) >= 11 is 0. The summed E-state index contributed by atoms with van der Waals surface area (Å²) in [7, 11) is 0. The Morgan fingerprint density at radius 1 is 1.00 bits per heavy atom. The van der Waals surface area contributed by atoms with Gasteiger partial charge < -0.3 is 5.11 Å². The van der Waals surface area contributed by atoms with E-state index in [2.05, 4.69) is 5.32 Å². The summed E-state index contributed by atoms with van der Waals surface area (Å²) in [6, 6.07) is 0. The van der Waals surface area contributed by atoms with Gasteiger partial charge in [-0.15, -0.1) is 0 Å². The summed E-state index contributed by atoms with van der Waals surface area (Å²) in [5, 5.41) is 12.4. The summed E-state index contributed by atoms with van der Waals surface area (Å²) < 4.78 is 0. The summed E-state index contributed by atoms with van der Waals surface area (Å²) in [5.41, 5.74) is 0. The van der Waals surface area contributed by atoms with Gasteiger partial charge in [0.15, 0.2) is 5.76 Å². The summed E-state index contributed by atoms with van der Waals surface area (Å²) in [6.07, 6.45) is 1.58. The van der Waals surface area contributed by atoms with Crippen LogP contribution in [0.25, 0.3) is 0 Å². The van der Waals surface area contributed by atoms with Crippen molar-refractivity contribution in [3.05, 3.63) is 11.8 Å². The van der Waals surface area contributed by atoms with Crippen molar-refractivity contribution in [2.24, 2.45) is 0 Å². The van der Waals surface area contributed by atoms with Crippen LogP contribution in [0.2, 0.25) is 0 Å². The molecule has 0 aromatic rings. The molecule has 0 bridgehead atoms. The topological polar surface area (TPSA) is 113 Å². The molecule has 2 aliphatic heterocycles. The Hall–Kier alpha value is -2.18. The molecular formula is C8H8N2O5. The van der Waals surface area contributed by atoms with Crippen LogP contribution in [0.4, 0.5) is 0 Å². The summed E-state index contributed by atoms with van der Waals surface area (Å²) in [5.74, 6) is -2.10. The second-order valence-corrected chi connectivity index (χ2v) is 2.82. The van der Waals surface area contributed by atoms with Crippen LogP contribution >= 0.6 is 0 Å². The Labute approximate surface area is 84.1 Å². The molecule has 3 N–H and O–H groups in total. The van der Waals surface area contributed by atoms with Crippen LogP contribution in [0.15, 0.2) is 11.8 Å². The molecule has 4 amide bonds. The van der Waals surface area contributed by atoms with Gasteiger partial charge in [0.25, 0.3) is 11.8 Å². The van der Waals surface area contributed by atoms with Crippen molar-refractivity contribution < 1.29 is 24.3 Å². The van der Waals surface area contributed by atoms with Crippen LogP contribution < -0.4 is 10.6 Å². The third-order valence-corrected chi connectivity index (χ3v) is 1.60. The normalized spacial score (nSPS) is 19.1. The minimum absolute atomic E-state index is 0.148. The van der Waals surface area contributed by atoms with Gasteiger partial charge in [0.05, 0.1) is 6.08 Å². The number of hydrogen-bond acceptors (Lipinski definition) is 5. The van der Waals surface area contributed by atoms with Crippen LogP contribution in [-0.2, 0) is 19.2 Å². The first kappa shape index (κ1) is 10.9. The van der Waals surface area contributed by atoms with Crippen molar-refractivity contribution in [2.75, 3.05) is 0 Å². The average Bonchev–Trinajstić information content (AvgIpc) is 2.61. The Kier molecular flexibility index (Phi) is 3.17. The number of aliphatic hydroxyl groups excluding tert-OH is 1. The molecule has 0 aromatic heterocycles. The lowest BCUT2D eigenvalue weighted by Gasteiger charge is -1.83. The van der Waals surface area contributed by atoms with E-state index in [4.69, 9.17) is 5.11 Å². The zero-order valence-corrected chi connectivity index (χ0v) is 7.57. The fraction of sp³-hybridized carbons (Fsp3) is 0.250. The minimum Gasteiger partial charge on any atom is -0.503 e. The second kappa shape index (κ2) is 4.36. The SMILES string of the molecule is O=C1C=C(O)C(=O)N1.O=C1CCC(=O)N1. The van der Waals surface area contributed by atoms with Gasteiger partial charge in [-0.3, -0.25) is 29.8 Å². The molecule has 0 atom stereocenters. The van der Waals surface area contributed by atoms with E-state index in [1.54, 1.807) is 0 Å². The fourth-order valence-electron chi connectivity index (χ4n) is 0.909. The van der Waals surface area contributed by atoms with E-state index in [-0.39, 0.29) is 11.8 Å². The molecule has 7 nitrogen and oxygen atoms in total. The number of aliphatic hydroxyl groups is 1. The summed E-state index contributed by atoms with van der Waals surface area (Å²) in [6.45, 7) is 0. The molecule has 2 aliphatic rings. The van der Waals surface area contributed by atoms with Gasteiger partial charge in [-0.1, -0.05) is 0 Å². The lowest BCUT2D eigenvalue weighted by molar-refractivity contribution is -0.126. The summed E-state index contributed by atoms with van der Waals surface area (Å²) in [4.78, 5) is 40.5. The quantitative estimate of drug-likeness (QED) is 0.423.